The quantitative estimate of drug-likeness (QED) is 0.711. The fourth-order valence-electron chi connectivity index (χ4n) is 2.61. The molecule has 0 aliphatic carbocycles. The highest BCUT2D eigenvalue weighted by molar-refractivity contribution is 9.10. The summed E-state index contributed by atoms with van der Waals surface area (Å²) in [4.78, 5) is 4.03. The van der Waals surface area contributed by atoms with E-state index in [2.05, 4.69) is 39.1 Å². The minimum absolute atomic E-state index is 0.637. The molecule has 1 aromatic heterocycles. The normalized spacial score (nSPS) is 13.7. The van der Waals surface area contributed by atoms with Crippen molar-refractivity contribution in [1.82, 2.24) is 9.55 Å². The Morgan fingerprint density at radius 3 is 2.52 bits per heavy atom. The van der Waals surface area contributed by atoms with Crippen molar-refractivity contribution in [2.24, 2.45) is 0 Å². The van der Waals surface area contributed by atoms with Gasteiger partial charge in [0.25, 0.3) is 0 Å². The Balaban J connectivity index is 1.77. The maximum absolute atomic E-state index is 10.8. The van der Waals surface area contributed by atoms with Crippen molar-refractivity contribution in [2.45, 2.75) is 25.5 Å². The van der Waals surface area contributed by atoms with Crippen LogP contribution in [0.1, 0.15) is 18.9 Å². The minimum Gasteiger partial charge on any atom is -0.385 e. The number of imidazole rings is 1. The summed E-state index contributed by atoms with van der Waals surface area (Å²) >= 11 is 3.58. The lowest BCUT2D eigenvalue weighted by atomic mass is 9.91. The van der Waals surface area contributed by atoms with Crippen LogP contribution in [0.4, 0.5) is 0 Å². The molecule has 0 radical (unpaired) electrons. The number of hydrogen-bond acceptors (Lipinski definition) is 2. The Bertz CT molecular complexity index is 764. The van der Waals surface area contributed by atoms with Gasteiger partial charge in [0.05, 0.1) is 11.9 Å². The molecule has 23 heavy (non-hydrogen) atoms. The second-order valence-corrected chi connectivity index (χ2v) is 6.74. The molecule has 0 fully saturated rings. The lowest BCUT2D eigenvalue weighted by molar-refractivity contribution is 0.0431. The summed E-state index contributed by atoms with van der Waals surface area (Å²) in [6.45, 7) is 2.59. The summed E-state index contributed by atoms with van der Waals surface area (Å²) in [5, 5.41) is 10.8. The van der Waals surface area contributed by atoms with Gasteiger partial charge >= 0.3 is 0 Å². The summed E-state index contributed by atoms with van der Waals surface area (Å²) in [6, 6.07) is 16.3. The number of rotatable bonds is 5. The SMILES string of the molecule is CC(O)(CCn1ccnc1)c1ccc(-c2ccccc2Br)cc1. The fraction of sp³-hybridized carbons (Fsp3) is 0.211. The van der Waals surface area contributed by atoms with Gasteiger partial charge < -0.3 is 9.67 Å². The van der Waals surface area contributed by atoms with Gasteiger partial charge in [0.1, 0.15) is 0 Å². The topological polar surface area (TPSA) is 38.0 Å². The van der Waals surface area contributed by atoms with Gasteiger partial charge in [-0.2, -0.15) is 0 Å². The standard InChI is InChI=1S/C19H19BrN2O/c1-19(23,10-12-22-13-11-21-14-22)16-8-6-15(7-9-16)17-4-2-3-5-18(17)20/h2-9,11,13-14,23H,10,12H2,1H3. The van der Waals surface area contributed by atoms with Gasteiger partial charge in [-0.05, 0) is 36.1 Å². The van der Waals surface area contributed by atoms with Crippen LogP contribution < -0.4 is 0 Å². The van der Waals surface area contributed by atoms with Crippen LogP contribution in [-0.2, 0) is 12.1 Å². The Morgan fingerprint density at radius 2 is 1.87 bits per heavy atom. The number of aryl methyl sites for hydroxylation is 1. The zero-order valence-electron chi connectivity index (χ0n) is 13.0. The first kappa shape index (κ1) is 16.0. The predicted molar refractivity (Wildman–Crippen MR) is 96.0 cm³/mol. The van der Waals surface area contributed by atoms with E-state index in [9.17, 15) is 5.11 Å². The number of aliphatic hydroxyl groups is 1. The first-order valence-electron chi connectivity index (χ1n) is 7.60. The van der Waals surface area contributed by atoms with Crippen molar-refractivity contribution in [3.8, 4) is 11.1 Å². The van der Waals surface area contributed by atoms with Crippen LogP contribution in [0, 0.1) is 0 Å². The molecule has 0 spiro atoms. The van der Waals surface area contributed by atoms with E-state index < -0.39 is 5.60 Å². The zero-order chi connectivity index (χ0) is 16.3. The number of benzene rings is 2. The average molecular weight is 371 g/mol. The second-order valence-electron chi connectivity index (χ2n) is 5.88. The highest BCUT2D eigenvalue weighted by Gasteiger charge is 2.22. The molecule has 0 aliphatic heterocycles. The summed E-state index contributed by atoms with van der Waals surface area (Å²) in [6.07, 6.45) is 6.07. The van der Waals surface area contributed by atoms with Crippen LogP contribution in [0.2, 0.25) is 0 Å². The molecule has 2 aromatic carbocycles. The molecule has 1 heterocycles. The Morgan fingerprint density at radius 1 is 1.13 bits per heavy atom. The number of nitrogens with zero attached hydrogens (tertiary/aromatic N) is 2. The van der Waals surface area contributed by atoms with Gasteiger partial charge in [0.2, 0.25) is 0 Å². The molecule has 3 nitrogen and oxygen atoms in total. The van der Waals surface area contributed by atoms with Crippen molar-refractivity contribution < 1.29 is 5.11 Å². The van der Waals surface area contributed by atoms with Crippen LogP contribution in [-0.4, -0.2) is 14.7 Å². The first-order valence-corrected chi connectivity index (χ1v) is 8.39. The molecule has 3 aromatic rings. The van der Waals surface area contributed by atoms with Crippen molar-refractivity contribution in [3.05, 3.63) is 77.3 Å². The molecule has 1 atom stereocenters. The van der Waals surface area contributed by atoms with E-state index in [1.165, 1.54) is 0 Å². The lowest BCUT2D eigenvalue weighted by Gasteiger charge is -2.24. The highest BCUT2D eigenvalue weighted by Crippen LogP contribution is 2.31. The molecular formula is C19H19BrN2O. The molecule has 0 saturated heterocycles. The first-order chi connectivity index (χ1) is 11.1. The maximum atomic E-state index is 10.8. The van der Waals surface area contributed by atoms with Gasteiger partial charge in [-0.1, -0.05) is 58.4 Å². The zero-order valence-corrected chi connectivity index (χ0v) is 14.6. The number of hydrogen-bond donors (Lipinski definition) is 1. The van der Waals surface area contributed by atoms with Crippen LogP contribution in [0.3, 0.4) is 0 Å². The van der Waals surface area contributed by atoms with E-state index in [0.29, 0.717) is 6.42 Å². The number of halogens is 1. The van der Waals surface area contributed by atoms with Crippen LogP contribution in [0.25, 0.3) is 11.1 Å². The molecule has 1 N–H and O–H groups in total. The van der Waals surface area contributed by atoms with Gasteiger partial charge in [0, 0.05) is 23.4 Å². The van der Waals surface area contributed by atoms with Crippen LogP contribution in [0.15, 0.2) is 71.7 Å². The summed E-state index contributed by atoms with van der Waals surface area (Å²) in [5.74, 6) is 0. The summed E-state index contributed by atoms with van der Waals surface area (Å²) in [7, 11) is 0. The monoisotopic (exact) mass is 370 g/mol. The molecule has 0 saturated carbocycles. The highest BCUT2D eigenvalue weighted by atomic mass is 79.9. The molecule has 3 rings (SSSR count). The lowest BCUT2D eigenvalue weighted by Crippen LogP contribution is -2.23. The Hall–Kier alpha value is -1.91. The molecule has 0 amide bonds. The van der Waals surface area contributed by atoms with E-state index in [0.717, 1.165) is 27.7 Å². The third-order valence-corrected chi connectivity index (χ3v) is 4.80. The van der Waals surface area contributed by atoms with Crippen molar-refractivity contribution >= 4 is 15.9 Å². The van der Waals surface area contributed by atoms with Crippen molar-refractivity contribution in [2.75, 3.05) is 0 Å². The molecule has 0 aliphatic rings. The van der Waals surface area contributed by atoms with E-state index in [4.69, 9.17) is 0 Å². The molecule has 0 bridgehead atoms. The Labute approximate surface area is 144 Å². The van der Waals surface area contributed by atoms with Crippen LogP contribution >= 0.6 is 15.9 Å². The predicted octanol–water partition coefficient (Wildman–Crippen LogP) is 4.61. The molecule has 118 valence electrons. The fourth-order valence-corrected chi connectivity index (χ4v) is 3.13. The number of aromatic nitrogens is 2. The van der Waals surface area contributed by atoms with E-state index in [1.807, 2.05) is 48.0 Å². The largest absolute Gasteiger partial charge is 0.385 e. The molecule has 1 unspecified atom stereocenters. The van der Waals surface area contributed by atoms with Gasteiger partial charge in [0.15, 0.2) is 0 Å². The second kappa shape index (κ2) is 6.69. The van der Waals surface area contributed by atoms with Gasteiger partial charge in [-0.25, -0.2) is 4.98 Å². The summed E-state index contributed by atoms with van der Waals surface area (Å²) < 4.78 is 3.05. The smallest absolute Gasteiger partial charge is 0.0945 e. The Kier molecular flexibility index (Phi) is 4.64. The average Bonchev–Trinajstić information content (AvgIpc) is 3.07. The summed E-state index contributed by atoms with van der Waals surface area (Å²) in [5.41, 5.74) is 2.34. The third-order valence-electron chi connectivity index (χ3n) is 4.11. The minimum atomic E-state index is -0.864. The maximum Gasteiger partial charge on any atom is 0.0945 e. The van der Waals surface area contributed by atoms with Crippen molar-refractivity contribution in [1.29, 1.82) is 0 Å². The van der Waals surface area contributed by atoms with Gasteiger partial charge in [-0.3, -0.25) is 0 Å². The van der Waals surface area contributed by atoms with E-state index >= 15 is 0 Å². The van der Waals surface area contributed by atoms with E-state index in [-0.39, 0.29) is 0 Å². The van der Waals surface area contributed by atoms with Gasteiger partial charge in [-0.15, -0.1) is 0 Å². The van der Waals surface area contributed by atoms with Crippen molar-refractivity contribution in [3.63, 3.8) is 0 Å². The van der Waals surface area contributed by atoms with E-state index in [1.54, 1.807) is 12.5 Å². The third kappa shape index (κ3) is 3.71. The van der Waals surface area contributed by atoms with Crippen LogP contribution in [0.5, 0.6) is 0 Å². The molecule has 4 heteroatoms. The molecular weight excluding hydrogens is 352 g/mol.